The van der Waals surface area contributed by atoms with E-state index in [2.05, 4.69) is 9.88 Å². The zero-order valence-corrected chi connectivity index (χ0v) is 15.0. The molecule has 5 nitrogen and oxygen atoms in total. The van der Waals surface area contributed by atoms with Crippen molar-refractivity contribution in [3.63, 3.8) is 0 Å². The van der Waals surface area contributed by atoms with E-state index in [1.807, 2.05) is 14.0 Å². The van der Waals surface area contributed by atoms with Crippen molar-refractivity contribution in [2.24, 2.45) is 5.41 Å². The lowest BCUT2D eigenvalue weighted by atomic mass is 9.69. The van der Waals surface area contributed by atoms with Gasteiger partial charge in [0.15, 0.2) is 0 Å². The standard InChI is InChI=1S/C19H25FN2O3/c1-13-17(10-22(2)11-19(12-23)7-4-8-19)21-18(25-13)15-6-5-14(24-3)9-16(15)20/h5-6,9,23H,4,7-8,10-12H2,1-3H3. The number of halogens is 1. The number of aromatic nitrogens is 1. The molecule has 1 N–H and O–H groups in total. The van der Waals surface area contributed by atoms with E-state index in [4.69, 9.17) is 9.15 Å². The maximum absolute atomic E-state index is 14.2. The summed E-state index contributed by atoms with van der Waals surface area (Å²) < 4.78 is 24.9. The second kappa shape index (κ2) is 7.14. The van der Waals surface area contributed by atoms with E-state index in [1.165, 1.54) is 19.6 Å². The van der Waals surface area contributed by atoms with E-state index in [0.29, 0.717) is 23.6 Å². The first-order chi connectivity index (χ1) is 12.0. The molecule has 0 aliphatic heterocycles. The number of aryl methyl sites for hydroxylation is 1. The molecule has 0 saturated heterocycles. The van der Waals surface area contributed by atoms with Crippen molar-refractivity contribution in [2.75, 3.05) is 27.3 Å². The van der Waals surface area contributed by atoms with Crippen LogP contribution in [-0.4, -0.2) is 42.3 Å². The molecule has 0 radical (unpaired) electrons. The fourth-order valence-corrected chi connectivity index (χ4v) is 3.41. The third kappa shape index (κ3) is 3.70. The molecule has 1 saturated carbocycles. The molecule has 2 aromatic rings. The molecule has 1 aromatic heterocycles. The molecule has 1 aliphatic carbocycles. The van der Waals surface area contributed by atoms with Gasteiger partial charge in [-0.3, -0.25) is 4.90 Å². The predicted molar refractivity (Wildman–Crippen MR) is 92.9 cm³/mol. The summed E-state index contributed by atoms with van der Waals surface area (Å²) in [5.74, 6) is 0.999. The summed E-state index contributed by atoms with van der Waals surface area (Å²) in [7, 11) is 3.51. The fourth-order valence-electron chi connectivity index (χ4n) is 3.41. The van der Waals surface area contributed by atoms with Gasteiger partial charge in [0, 0.05) is 31.2 Å². The Morgan fingerprint density at radius 2 is 2.16 bits per heavy atom. The molecule has 6 heteroatoms. The highest BCUT2D eigenvalue weighted by atomic mass is 19.1. The number of benzene rings is 1. The molecule has 0 amide bonds. The maximum Gasteiger partial charge on any atom is 0.229 e. The van der Waals surface area contributed by atoms with Gasteiger partial charge in [-0.05, 0) is 38.9 Å². The van der Waals surface area contributed by atoms with E-state index in [0.717, 1.165) is 25.1 Å². The zero-order valence-electron chi connectivity index (χ0n) is 15.0. The Morgan fingerprint density at radius 1 is 1.40 bits per heavy atom. The quantitative estimate of drug-likeness (QED) is 0.831. The van der Waals surface area contributed by atoms with Crippen molar-refractivity contribution in [2.45, 2.75) is 32.7 Å². The molecule has 0 atom stereocenters. The van der Waals surface area contributed by atoms with Crippen LogP contribution in [0.1, 0.15) is 30.7 Å². The molecule has 1 fully saturated rings. The van der Waals surface area contributed by atoms with Crippen molar-refractivity contribution >= 4 is 0 Å². The summed E-state index contributed by atoms with van der Waals surface area (Å²) in [6, 6.07) is 4.62. The van der Waals surface area contributed by atoms with Crippen molar-refractivity contribution in [1.29, 1.82) is 0 Å². The van der Waals surface area contributed by atoms with Gasteiger partial charge in [-0.1, -0.05) is 6.42 Å². The first-order valence-electron chi connectivity index (χ1n) is 8.56. The van der Waals surface area contributed by atoms with Gasteiger partial charge in [0.1, 0.15) is 17.3 Å². The van der Waals surface area contributed by atoms with Crippen molar-refractivity contribution in [1.82, 2.24) is 9.88 Å². The topological polar surface area (TPSA) is 58.7 Å². The minimum absolute atomic E-state index is 0.0251. The molecule has 1 aromatic carbocycles. The normalized spacial score (nSPS) is 16.1. The minimum Gasteiger partial charge on any atom is -0.497 e. The summed E-state index contributed by atoms with van der Waals surface area (Å²) in [6.07, 6.45) is 3.31. The van der Waals surface area contributed by atoms with Crippen molar-refractivity contribution in [3.8, 4) is 17.2 Å². The van der Waals surface area contributed by atoms with Gasteiger partial charge in [-0.25, -0.2) is 9.37 Å². The first-order valence-corrected chi connectivity index (χ1v) is 8.56. The zero-order chi connectivity index (χ0) is 18.0. The van der Waals surface area contributed by atoms with Gasteiger partial charge in [0.2, 0.25) is 5.89 Å². The number of nitrogens with zero attached hydrogens (tertiary/aromatic N) is 2. The molecule has 25 heavy (non-hydrogen) atoms. The lowest BCUT2D eigenvalue weighted by Gasteiger charge is -2.42. The summed E-state index contributed by atoms with van der Waals surface area (Å²) in [4.78, 5) is 6.63. The molecular weight excluding hydrogens is 323 g/mol. The fraction of sp³-hybridized carbons (Fsp3) is 0.526. The summed E-state index contributed by atoms with van der Waals surface area (Å²) >= 11 is 0. The Morgan fingerprint density at radius 3 is 2.72 bits per heavy atom. The van der Waals surface area contributed by atoms with Crippen LogP contribution >= 0.6 is 0 Å². The third-order valence-electron chi connectivity index (χ3n) is 5.07. The van der Waals surface area contributed by atoms with Crippen LogP contribution in [0.25, 0.3) is 11.5 Å². The number of oxazole rings is 1. The van der Waals surface area contributed by atoms with Crippen LogP contribution in [0, 0.1) is 18.2 Å². The monoisotopic (exact) mass is 348 g/mol. The summed E-state index contributed by atoms with van der Waals surface area (Å²) in [6.45, 7) is 3.49. The Hall–Kier alpha value is -1.92. The van der Waals surface area contributed by atoms with Gasteiger partial charge in [-0.15, -0.1) is 0 Å². The smallest absolute Gasteiger partial charge is 0.229 e. The second-order valence-electron chi connectivity index (χ2n) is 7.05. The molecule has 0 bridgehead atoms. The molecule has 3 rings (SSSR count). The van der Waals surface area contributed by atoms with Crippen molar-refractivity contribution < 1.29 is 18.7 Å². The van der Waals surface area contributed by atoms with E-state index in [-0.39, 0.29) is 17.9 Å². The lowest BCUT2D eigenvalue weighted by Crippen LogP contribution is -2.43. The Kier molecular flexibility index (Phi) is 5.11. The van der Waals surface area contributed by atoms with Crippen LogP contribution in [-0.2, 0) is 6.54 Å². The summed E-state index contributed by atoms with van der Waals surface area (Å²) in [5, 5.41) is 9.62. The number of hydrogen-bond acceptors (Lipinski definition) is 5. The number of methoxy groups -OCH3 is 1. The Balaban J connectivity index is 1.74. The van der Waals surface area contributed by atoms with E-state index >= 15 is 0 Å². The number of aliphatic hydroxyl groups is 1. The average Bonchev–Trinajstić information content (AvgIpc) is 2.91. The van der Waals surface area contributed by atoms with Crippen LogP contribution < -0.4 is 4.74 Å². The highest BCUT2D eigenvalue weighted by Gasteiger charge is 2.37. The lowest BCUT2D eigenvalue weighted by molar-refractivity contribution is 0.0124. The SMILES string of the molecule is COc1ccc(-c2nc(CN(C)CC3(CO)CCC3)c(C)o2)c(F)c1. The number of aliphatic hydroxyl groups excluding tert-OH is 1. The minimum atomic E-state index is -0.422. The Labute approximate surface area is 147 Å². The molecule has 0 spiro atoms. The van der Waals surface area contributed by atoms with Gasteiger partial charge in [-0.2, -0.15) is 0 Å². The highest BCUT2D eigenvalue weighted by molar-refractivity contribution is 5.56. The van der Waals surface area contributed by atoms with Gasteiger partial charge in [0.25, 0.3) is 0 Å². The molecule has 0 unspecified atom stereocenters. The predicted octanol–water partition coefficient (Wildman–Crippen LogP) is 3.39. The van der Waals surface area contributed by atoms with Crippen LogP contribution in [0.2, 0.25) is 0 Å². The summed E-state index contributed by atoms with van der Waals surface area (Å²) in [5.41, 5.74) is 1.14. The first kappa shape index (κ1) is 17.9. The Bertz CT molecular complexity index is 735. The third-order valence-corrected chi connectivity index (χ3v) is 5.07. The number of ether oxygens (including phenoxy) is 1. The van der Waals surface area contributed by atoms with Gasteiger partial charge >= 0.3 is 0 Å². The average molecular weight is 348 g/mol. The molecule has 136 valence electrons. The second-order valence-corrected chi connectivity index (χ2v) is 7.05. The molecule has 1 aliphatic rings. The van der Waals surface area contributed by atoms with E-state index < -0.39 is 5.82 Å². The maximum atomic E-state index is 14.2. The number of rotatable bonds is 7. The largest absolute Gasteiger partial charge is 0.497 e. The van der Waals surface area contributed by atoms with Crippen LogP contribution in [0.3, 0.4) is 0 Å². The van der Waals surface area contributed by atoms with E-state index in [1.54, 1.807) is 12.1 Å². The van der Waals surface area contributed by atoms with Crippen molar-refractivity contribution in [3.05, 3.63) is 35.5 Å². The van der Waals surface area contributed by atoms with Crippen LogP contribution in [0.5, 0.6) is 5.75 Å². The van der Waals surface area contributed by atoms with E-state index in [9.17, 15) is 9.50 Å². The van der Waals surface area contributed by atoms with Gasteiger partial charge < -0.3 is 14.3 Å². The number of hydrogen-bond donors (Lipinski definition) is 1. The highest BCUT2D eigenvalue weighted by Crippen LogP contribution is 2.41. The van der Waals surface area contributed by atoms with Crippen LogP contribution in [0.15, 0.2) is 22.6 Å². The van der Waals surface area contributed by atoms with Crippen LogP contribution in [0.4, 0.5) is 4.39 Å². The molecular formula is C19H25FN2O3. The molecule has 1 heterocycles. The van der Waals surface area contributed by atoms with Gasteiger partial charge in [0.05, 0.1) is 18.4 Å².